The fraction of sp³-hybridized carbons (Fsp3) is 0.462. The number of aliphatic hydroxyl groups is 1. The van der Waals surface area contributed by atoms with Crippen molar-refractivity contribution in [2.24, 2.45) is 0 Å². The molecule has 0 aliphatic rings. The Balaban J connectivity index is 2.55. The van der Waals surface area contributed by atoms with Crippen LogP contribution in [0.15, 0.2) is 24.3 Å². The first kappa shape index (κ1) is 15.5. The second kappa shape index (κ2) is 7.81. The summed E-state index contributed by atoms with van der Waals surface area (Å²) in [7, 11) is 1.31. The molecule has 0 aliphatic heterocycles. The van der Waals surface area contributed by atoms with Crippen LogP contribution in [0, 0.1) is 0 Å². The molecule has 1 atom stereocenters. The second-order valence-corrected chi connectivity index (χ2v) is 4.05. The fourth-order valence-electron chi connectivity index (χ4n) is 1.57. The minimum Gasteiger partial charge on any atom is -0.469 e. The van der Waals surface area contributed by atoms with Gasteiger partial charge in [0, 0.05) is 13.1 Å². The lowest BCUT2D eigenvalue weighted by atomic mass is 10.0. The van der Waals surface area contributed by atoms with E-state index in [4.69, 9.17) is 5.11 Å². The van der Waals surface area contributed by atoms with Crippen molar-refractivity contribution in [3.63, 3.8) is 0 Å². The monoisotopic (exact) mass is 273 g/mol. The Kier molecular flexibility index (Phi) is 6.38. The van der Waals surface area contributed by atoms with E-state index in [0.717, 1.165) is 11.1 Å². The van der Waals surface area contributed by atoms with Crippen molar-refractivity contribution in [1.82, 2.24) is 5.32 Å². The first-order chi connectivity index (χ1) is 9.04. The number of ether oxygens (including phenoxy) is 1. The molecule has 0 saturated carbocycles. The summed E-state index contributed by atoms with van der Waals surface area (Å²) in [5.74, 6) is -0.361. The lowest BCUT2D eigenvalue weighted by Gasteiger charge is -2.12. The zero-order valence-corrected chi connectivity index (χ0v) is 10.6. The topological polar surface area (TPSA) is 58.6 Å². The predicted octanol–water partition coefficient (Wildman–Crippen LogP) is 1.12. The highest BCUT2D eigenvalue weighted by Gasteiger charge is 2.16. The maximum Gasteiger partial charge on any atom is 0.309 e. The average molecular weight is 273 g/mol. The van der Waals surface area contributed by atoms with Crippen LogP contribution >= 0.6 is 0 Å². The molecule has 4 nitrogen and oxygen atoms in total. The number of rotatable bonds is 7. The number of hydrogen-bond donors (Lipinski definition) is 2. The molecule has 1 unspecified atom stereocenters. The van der Waals surface area contributed by atoms with Crippen molar-refractivity contribution < 1.29 is 23.4 Å². The van der Waals surface area contributed by atoms with E-state index in [9.17, 15) is 13.6 Å². The van der Waals surface area contributed by atoms with Gasteiger partial charge in [-0.25, -0.2) is 8.78 Å². The number of carbonyl (C=O) groups is 1. The van der Waals surface area contributed by atoms with E-state index in [0.29, 0.717) is 6.54 Å². The van der Waals surface area contributed by atoms with Gasteiger partial charge in [-0.2, -0.15) is 0 Å². The molecule has 0 saturated heterocycles. The highest BCUT2D eigenvalue weighted by atomic mass is 19.3. The van der Waals surface area contributed by atoms with Crippen molar-refractivity contribution in [2.45, 2.75) is 25.5 Å². The predicted molar refractivity (Wildman–Crippen MR) is 65.9 cm³/mol. The highest BCUT2D eigenvalue weighted by Crippen LogP contribution is 2.10. The zero-order chi connectivity index (χ0) is 14.3. The van der Waals surface area contributed by atoms with Gasteiger partial charge in [0.15, 0.2) is 0 Å². The van der Waals surface area contributed by atoms with Gasteiger partial charge in [-0.15, -0.1) is 0 Å². The zero-order valence-electron chi connectivity index (χ0n) is 10.6. The van der Waals surface area contributed by atoms with Crippen molar-refractivity contribution >= 4 is 5.97 Å². The van der Waals surface area contributed by atoms with Gasteiger partial charge in [0.25, 0.3) is 6.43 Å². The molecule has 1 rings (SSSR count). The van der Waals surface area contributed by atoms with E-state index in [1.807, 2.05) is 0 Å². The van der Waals surface area contributed by atoms with Crippen LogP contribution in [-0.4, -0.2) is 37.3 Å². The van der Waals surface area contributed by atoms with Crippen LogP contribution in [0.1, 0.15) is 11.1 Å². The van der Waals surface area contributed by atoms with Crippen LogP contribution in [0.25, 0.3) is 0 Å². The Bertz CT molecular complexity index is 413. The SMILES string of the molecule is COC(=O)Cc1ccccc1CNCC(O)C(F)F. The van der Waals surface area contributed by atoms with Crippen molar-refractivity contribution in [2.75, 3.05) is 13.7 Å². The van der Waals surface area contributed by atoms with Crippen molar-refractivity contribution in [3.05, 3.63) is 35.4 Å². The molecule has 2 N–H and O–H groups in total. The third-order valence-electron chi connectivity index (χ3n) is 2.64. The van der Waals surface area contributed by atoms with Crippen LogP contribution < -0.4 is 5.32 Å². The summed E-state index contributed by atoms with van der Waals surface area (Å²) in [6.07, 6.45) is -4.32. The molecule has 1 aromatic carbocycles. The number of aliphatic hydroxyl groups excluding tert-OH is 1. The molecule has 0 bridgehead atoms. The maximum absolute atomic E-state index is 12.1. The number of halogens is 2. The average Bonchev–Trinajstić information content (AvgIpc) is 2.40. The third kappa shape index (κ3) is 5.32. The second-order valence-electron chi connectivity index (χ2n) is 4.05. The van der Waals surface area contributed by atoms with Crippen LogP contribution in [0.5, 0.6) is 0 Å². The van der Waals surface area contributed by atoms with Crippen LogP contribution in [0.4, 0.5) is 8.78 Å². The van der Waals surface area contributed by atoms with E-state index in [2.05, 4.69) is 10.1 Å². The molecule has 0 radical (unpaired) electrons. The Morgan fingerprint density at radius 3 is 2.58 bits per heavy atom. The normalized spacial score (nSPS) is 12.5. The summed E-state index contributed by atoms with van der Waals surface area (Å²) in [6.45, 7) is 0.0984. The molecular weight excluding hydrogens is 256 g/mol. The summed E-state index contributed by atoms with van der Waals surface area (Å²) in [5, 5.41) is 11.7. The molecule has 106 valence electrons. The lowest BCUT2D eigenvalue weighted by Crippen LogP contribution is -2.32. The third-order valence-corrected chi connectivity index (χ3v) is 2.64. The molecular formula is C13H17F2NO3. The molecule has 0 heterocycles. The molecule has 6 heteroatoms. The van der Waals surface area contributed by atoms with E-state index in [1.165, 1.54) is 7.11 Å². The molecule has 19 heavy (non-hydrogen) atoms. The number of carbonyl (C=O) groups excluding carboxylic acids is 1. The van der Waals surface area contributed by atoms with Gasteiger partial charge in [0.05, 0.1) is 13.5 Å². The van der Waals surface area contributed by atoms with Gasteiger partial charge >= 0.3 is 5.97 Å². The smallest absolute Gasteiger partial charge is 0.309 e. The standard InChI is InChI=1S/C13H17F2NO3/c1-19-12(18)6-9-4-2-3-5-10(9)7-16-8-11(17)13(14)15/h2-5,11,13,16-17H,6-8H2,1H3. The number of alkyl halides is 2. The molecule has 0 spiro atoms. The van der Waals surface area contributed by atoms with Crippen LogP contribution in [0.3, 0.4) is 0 Å². The van der Waals surface area contributed by atoms with Crippen molar-refractivity contribution in [3.8, 4) is 0 Å². The largest absolute Gasteiger partial charge is 0.469 e. The highest BCUT2D eigenvalue weighted by molar-refractivity contribution is 5.72. The Morgan fingerprint density at radius 2 is 2.00 bits per heavy atom. The Hall–Kier alpha value is -1.53. The quantitative estimate of drug-likeness (QED) is 0.731. The van der Waals surface area contributed by atoms with E-state index in [-0.39, 0.29) is 18.9 Å². The van der Waals surface area contributed by atoms with Gasteiger partial charge in [0.1, 0.15) is 6.10 Å². The van der Waals surface area contributed by atoms with Gasteiger partial charge < -0.3 is 15.2 Å². The van der Waals surface area contributed by atoms with Gasteiger partial charge in [0.2, 0.25) is 0 Å². The van der Waals surface area contributed by atoms with Crippen LogP contribution in [-0.2, 0) is 22.5 Å². The van der Waals surface area contributed by atoms with Gasteiger partial charge in [-0.05, 0) is 11.1 Å². The van der Waals surface area contributed by atoms with Gasteiger partial charge in [-0.1, -0.05) is 24.3 Å². The Morgan fingerprint density at radius 1 is 1.37 bits per heavy atom. The summed E-state index contributed by atoms with van der Waals surface area (Å²) in [4.78, 5) is 11.2. The summed E-state index contributed by atoms with van der Waals surface area (Å²) >= 11 is 0. The number of benzene rings is 1. The van der Waals surface area contributed by atoms with Gasteiger partial charge in [-0.3, -0.25) is 4.79 Å². The maximum atomic E-state index is 12.1. The van der Waals surface area contributed by atoms with E-state index >= 15 is 0 Å². The Labute approximate surface area is 110 Å². The molecule has 0 aromatic heterocycles. The molecule has 1 aromatic rings. The molecule has 0 aliphatic carbocycles. The lowest BCUT2D eigenvalue weighted by molar-refractivity contribution is -0.139. The van der Waals surface area contributed by atoms with Crippen LogP contribution in [0.2, 0.25) is 0 Å². The number of nitrogens with one attached hydrogen (secondary N) is 1. The summed E-state index contributed by atoms with van der Waals surface area (Å²) in [6, 6.07) is 7.15. The number of esters is 1. The first-order valence-electron chi connectivity index (χ1n) is 5.85. The first-order valence-corrected chi connectivity index (χ1v) is 5.85. The minimum absolute atomic E-state index is 0.131. The number of hydrogen-bond acceptors (Lipinski definition) is 4. The number of methoxy groups -OCH3 is 1. The van der Waals surface area contributed by atoms with E-state index < -0.39 is 12.5 Å². The van der Waals surface area contributed by atoms with E-state index in [1.54, 1.807) is 24.3 Å². The minimum atomic E-state index is -2.77. The summed E-state index contributed by atoms with van der Waals surface area (Å²) in [5.41, 5.74) is 1.59. The molecule has 0 fully saturated rings. The van der Waals surface area contributed by atoms with Crippen molar-refractivity contribution in [1.29, 1.82) is 0 Å². The summed E-state index contributed by atoms with van der Waals surface area (Å²) < 4.78 is 28.8. The molecule has 0 amide bonds. The fourth-order valence-corrected chi connectivity index (χ4v) is 1.57.